The van der Waals surface area contributed by atoms with Crippen LogP contribution in [0.2, 0.25) is 10.0 Å². The number of carbonyl (C=O) groups is 1. The average molecular weight is 520 g/mol. The van der Waals surface area contributed by atoms with Crippen LogP contribution in [0.1, 0.15) is 50.7 Å². The minimum atomic E-state index is -1.12. The standard InChI is InChI=1S/C27H31Cl2NO5/c1-26(2)34-23-14-27(25(31)30-21-9-10-21,33-16-18-6-4-8-20(29)12-18)13-22(24(23)35-26)32-15-17-5-3-7-19(28)11-17/h3-8,11-12,21-24H,9-10,13-16H2,1-2H3,(H,30,31)/t22?,23-,24+,27-/m1/s1. The highest BCUT2D eigenvalue weighted by molar-refractivity contribution is 6.30. The molecule has 6 nitrogen and oxygen atoms in total. The number of halogens is 2. The quantitative estimate of drug-likeness (QED) is 0.503. The largest absolute Gasteiger partial charge is 0.371 e. The molecule has 0 aromatic heterocycles. The van der Waals surface area contributed by atoms with Gasteiger partial charge in [0, 0.05) is 28.9 Å². The van der Waals surface area contributed by atoms with Gasteiger partial charge in [0.2, 0.25) is 0 Å². The Morgan fingerprint density at radius 3 is 2.29 bits per heavy atom. The zero-order valence-electron chi connectivity index (χ0n) is 20.0. The molecule has 8 heteroatoms. The van der Waals surface area contributed by atoms with Gasteiger partial charge < -0.3 is 24.3 Å². The van der Waals surface area contributed by atoms with Gasteiger partial charge >= 0.3 is 0 Å². The summed E-state index contributed by atoms with van der Waals surface area (Å²) in [6.45, 7) is 4.37. The summed E-state index contributed by atoms with van der Waals surface area (Å²) >= 11 is 12.3. The smallest absolute Gasteiger partial charge is 0.252 e. The molecule has 0 radical (unpaired) electrons. The number of rotatable bonds is 8. The van der Waals surface area contributed by atoms with Gasteiger partial charge in [-0.2, -0.15) is 0 Å². The van der Waals surface area contributed by atoms with Gasteiger partial charge in [-0.1, -0.05) is 47.5 Å². The Balaban J connectivity index is 1.40. The molecule has 1 N–H and O–H groups in total. The molecule has 35 heavy (non-hydrogen) atoms. The first-order valence-electron chi connectivity index (χ1n) is 12.1. The topological polar surface area (TPSA) is 66.0 Å². The van der Waals surface area contributed by atoms with E-state index in [1.807, 2.05) is 62.4 Å². The predicted molar refractivity (Wildman–Crippen MR) is 133 cm³/mol. The predicted octanol–water partition coefficient (Wildman–Crippen LogP) is 5.43. The van der Waals surface area contributed by atoms with Crippen LogP contribution in [0.15, 0.2) is 48.5 Å². The van der Waals surface area contributed by atoms with E-state index in [1.165, 1.54) is 0 Å². The van der Waals surface area contributed by atoms with Gasteiger partial charge in [0.05, 0.1) is 25.4 Å². The number of nitrogens with one attached hydrogen (secondary N) is 1. The van der Waals surface area contributed by atoms with Crippen molar-refractivity contribution in [2.24, 2.45) is 0 Å². The van der Waals surface area contributed by atoms with E-state index < -0.39 is 17.5 Å². The third-order valence-corrected chi connectivity index (χ3v) is 7.20. The van der Waals surface area contributed by atoms with Crippen molar-refractivity contribution in [1.82, 2.24) is 5.32 Å². The normalized spacial score (nSPS) is 29.5. The van der Waals surface area contributed by atoms with E-state index in [4.69, 9.17) is 42.1 Å². The fourth-order valence-electron chi connectivity index (χ4n) is 4.93. The molecule has 2 aromatic carbocycles. The summed E-state index contributed by atoms with van der Waals surface area (Å²) in [4.78, 5) is 13.6. The van der Waals surface area contributed by atoms with Gasteiger partial charge in [-0.05, 0) is 62.1 Å². The van der Waals surface area contributed by atoms with Crippen molar-refractivity contribution in [2.45, 2.75) is 88.5 Å². The summed E-state index contributed by atoms with van der Waals surface area (Å²) in [6.07, 6.45) is 1.67. The summed E-state index contributed by atoms with van der Waals surface area (Å²) in [5.74, 6) is -0.895. The van der Waals surface area contributed by atoms with Crippen LogP contribution in [-0.2, 0) is 37.0 Å². The SMILES string of the molecule is CC1(C)O[C@@H]2C[C@@](OCc3cccc(Cl)c3)(C(=O)NC3CC3)CC(OCc3cccc(Cl)c3)[C@@H]2O1. The molecule has 0 bridgehead atoms. The maximum absolute atomic E-state index is 13.6. The second kappa shape index (κ2) is 10.0. The van der Waals surface area contributed by atoms with Gasteiger partial charge in [0.1, 0.15) is 6.10 Å². The Hall–Kier alpha value is -1.67. The van der Waals surface area contributed by atoms with Gasteiger partial charge in [0.25, 0.3) is 5.91 Å². The first-order valence-corrected chi connectivity index (χ1v) is 12.9. The lowest BCUT2D eigenvalue weighted by atomic mass is 9.78. The molecule has 1 aliphatic heterocycles. The van der Waals surface area contributed by atoms with Crippen molar-refractivity contribution in [1.29, 1.82) is 0 Å². The van der Waals surface area contributed by atoms with E-state index >= 15 is 0 Å². The minimum Gasteiger partial charge on any atom is -0.371 e. The highest BCUT2D eigenvalue weighted by Gasteiger charge is 2.58. The van der Waals surface area contributed by atoms with Crippen LogP contribution in [0.3, 0.4) is 0 Å². The lowest BCUT2D eigenvalue weighted by molar-refractivity contribution is -0.183. The minimum absolute atomic E-state index is 0.120. The third-order valence-electron chi connectivity index (χ3n) is 6.73. The molecule has 1 amide bonds. The Morgan fingerprint density at radius 2 is 1.66 bits per heavy atom. The van der Waals surface area contributed by atoms with Crippen molar-refractivity contribution in [3.05, 3.63) is 69.7 Å². The second-order valence-electron chi connectivity index (χ2n) is 10.2. The summed E-state index contributed by atoms with van der Waals surface area (Å²) in [5.41, 5.74) is 0.735. The lowest BCUT2D eigenvalue weighted by Crippen LogP contribution is -2.60. The molecule has 3 aliphatic rings. The molecule has 1 unspecified atom stereocenters. The average Bonchev–Trinajstić information content (AvgIpc) is 3.56. The molecule has 1 heterocycles. The number of benzene rings is 2. The van der Waals surface area contributed by atoms with Crippen LogP contribution in [0.4, 0.5) is 0 Å². The van der Waals surface area contributed by atoms with Crippen molar-refractivity contribution in [3.8, 4) is 0 Å². The monoisotopic (exact) mass is 519 g/mol. The van der Waals surface area contributed by atoms with Gasteiger partial charge in [-0.3, -0.25) is 4.79 Å². The van der Waals surface area contributed by atoms with E-state index in [0.29, 0.717) is 29.5 Å². The fourth-order valence-corrected chi connectivity index (χ4v) is 5.36. The number of fused-ring (bicyclic) bond motifs is 1. The van der Waals surface area contributed by atoms with Crippen LogP contribution < -0.4 is 5.32 Å². The molecule has 5 rings (SSSR count). The van der Waals surface area contributed by atoms with E-state index in [0.717, 1.165) is 24.0 Å². The van der Waals surface area contributed by atoms with Gasteiger partial charge in [-0.25, -0.2) is 0 Å². The summed E-state index contributed by atoms with van der Waals surface area (Å²) < 4.78 is 25.3. The summed E-state index contributed by atoms with van der Waals surface area (Å²) in [7, 11) is 0. The fraction of sp³-hybridized carbons (Fsp3) is 0.519. The van der Waals surface area contributed by atoms with Crippen LogP contribution in [0.25, 0.3) is 0 Å². The molecule has 1 saturated heterocycles. The number of amides is 1. The first-order chi connectivity index (χ1) is 16.7. The maximum Gasteiger partial charge on any atom is 0.252 e. The molecule has 188 valence electrons. The van der Waals surface area contributed by atoms with E-state index in [9.17, 15) is 4.79 Å². The summed E-state index contributed by atoms with van der Waals surface area (Å²) in [5, 5.41) is 4.43. The highest BCUT2D eigenvalue weighted by Crippen LogP contribution is 2.44. The molecular weight excluding hydrogens is 489 g/mol. The van der Waals surface area contributed by atoms with Crippen LogP contribution in [-0.4, -0.2) is 41.6 Å². The Bertz CT molecular complexity index is 1080. The zero-order valence-corrected chi connectivity index (χ0v) is 21.5. The molecule has 2 saturated carbocycles. The molecule has 0 spiro atoms. The van der Waals surface area contributed by atoms with E-state index in [-0.39, 0.29) is 30.8 Å². The van der Waals surface area contributed by atoms with E-state index in [1.54, 1.807) is 0 Å². The van der Waals surface area contributed by atoms with E-state index in [2.05, 4.69) is 5.32 Å². The first kappa shape index (κ1) is 25.0. The van der Waals surface area contributed by atoms with Crippen molar-refractivity contribution in [2.75, 3.05) is 0 Å². The molecule has 2 aliphatic carbocycles. The Morgan fingerprint density at radius 1 is 1.00 bits per heavy atom. The molecule has 3 fully saturated rings. The third kappa shape index (κ3) is 6.01. The van der Waals surface area contributed by atoms with Crippen molar-refractivity contribution in [3.63, 3.8) is 0 Å². The van der Waals surface area contributed by atoms with Crippen LogP contribution in [0.5, 0.6) is 0 Å². The molecule has 2 aromatic rings. The van der Waals surface area contributed by atoms with Gasteiger partial charge in [-0.15, -0.1) is 0 Å². The van der Waals surface area contributed by atoms with Gasteiger partial charge in [0.15, 0.2) is 11.4 Å². The van der Waals surface area contributed by atoms with Crippen molar-refractivity contribution < 1.29 is 23.7 Å². The highest BCUT2D eigenvalue weighted by atomic mass is 35.5. The van der Waals surface area contributed by atoms with Crippen LogP contribution in [0, 0.1) is 0 Å². The molecular formula is C27H31Cl2NO5. The lowest BCUT2D eigenvalue weighted by Gasteiger charge is -2.43. The Labute approximate surface area is 216 Å². The van der Waals surface area contributed by atoms with Crippen LogP contribution >= 0.6 is 23.2 Å². The number of carbonyl (C=O) groups excluding carboxylic acids is 1. The van der Waals surface area contributed by atoms with Crippen molar-refractivity contribution >= 4 is 29.1 Å². The number of ether oxygens (including phenoxy) is 4. The summed E-state index contributed by atoms with van der Waals surface area (Å²) in [6, 6.07) is 15.3. The number of hydrogen-bond donors (Lipinski definition) is 1. The second-order valence-corrected chi connectivity index (χ2v) is 11.1. The Kier molecular flexibility index (Phi) is 7.14. The zero-order chi connectivity index (χ0) is 24.6. The maximum atomic E-state index is 13.6. The number of hydrogen-bond acceptors (Lipinski definition) is 5. The molecule has 4 atom stereocenters.